The predicted octanol–water partition coefficient (Wildman–Crippen LogP) is 2.90. The molecular formula is C11H15ClINOS. The molecule has 2 fully saturated rings. The van der Waals surface area contributed by atoms with Crippen molar-refractivity contribution in [1.29, 1.82) is 0 Å². The average Bonchev–Trinajstić information content (AvgIpc) is 2.87. The summed E-state index contributed by atoms with van der Waals surface area (Å²) in [4.78, 5) is 13.7. The minimum atomic E-state index is -0.0348. The first-order valence-electron chi connectivity index (χ1n) is 5.50. The van der Waals surface area contributed by atoms with Crippen LogP contribution in [0, 0.1) is 5.92 Å². The van der Waals surface area contributed by atoms with Crippen LogP contribution in [0.2, 0.25) is 0 Å². The molecule has 1 amide bonds. The maximum absolute atomic E-state index is 11.8. The molecule has 0 aromatic heterocycles. The predicted molar refractivity (Wildman–Crippen MR) is 78.4 cm³/mol. The summed E-state index contributed by atoms with van der Waals surface area (Å²) in [7, 11) is 0. The minimum absolute atomic E-state index is 0.0348. The third-order valence-electron chi connectivity index (χ3n) is 2.96. The van der Waals surface area contributed by atoms with Gasteiger partial charge in [0.1, 0.15) is 0 Å². The molecule has 2 nitrogen and oxygen atoms in total. The highest BCUT2D eigenvalue weighted by atomic mass is 127. The van der Waals surface area contributed by atoms with E-state index in [0.717, 1.165) is 37.4 Å². The van der Waals surface area contributed by atoms with Crippen LogP contribution in [0.5, 0.6) is 0 Å². The van der Waals surface area contributed by atoms with E-state index < -0.39 is 0 Å². The molecule has 16 heavy (non-hydrogen) atoms. The summed E-state index contributed by atoms with van der Waals surface area (Å²) in [5, 5.41) is 0. The van der Waals surface area contributed by atoms with E-state index in [-0.39, 0.29) is 8.79 Å². The second-order valence-electron chi connectivity index (χ2n) is 4.24. The van der Waals surface area contributed by atoms with Crippen LogP contribution in [0.1, 0.15) is 12.8 Å². The molecule has 5 heteroatoms. The summed E-state index contributed by atoms with van der Waals surface area (Å²) in [6.07, 6.45) is 5.70. The van der Waals surface area contributed by atoms with Gasteiger partial charge in [-0.2, -0.15) is 11.8 Å². The molecule has 1 aliphatic carbocycles. The lowest BCUT2D eigenvalue weighted by atomic mass is 10.2. The van der Waals surface area contributed by atoms with Crippen LogP contribution in [0.3, 0.4) is 0 Å². The zero-order chi connectivity index (χ0) is 11.6. The number of hydrogen-bond acceptors (Lipinski definition) is 2. The monoisotopic (exact) mass is 371 g/mol. The number of rotatable bonds is 3. The number of alkyl halides is 2. The Bertz CT molecular complexity index is 302. The van der Waals surface area contributed by atoms with Gasteiger partial charge in [-0.3, -0.25) is 4.79 Å². The van der Waals surface area contributed by atoms with Crippen LogP contribution in [-0.2, 0) is 4.79 Å². The second-order valence-corrected chi connectivity index (χ2v) is 8.70. The lowest BCUT2D eigenvalue weighted by Crippen LogP contribution is -2.36. The molecule has 0 aromatic rings. The molecule has 2 atom stereocenters. The first kappa shape index (κ1) is 13.0. The summed E-state index contributed by atoms with van der Waals surface area (Å²) in [5.74, 6) is 2.85. The van der Waals surface area contributed by atoms with Gasteiger partial charge in [0.05, 0.1) is 2.88 Å². The number of allylic oxidation sites excluding steroid dienone is 1. The lowest BCUT2D eigenvalue weighted by Gasteiger charge is -2.25. The Hall–Kier alpha value is 0.580. The maximum atomic E-state index is 11.8. The fourth-order valence-electron chi connectivity index (χ4n) is 1.75. The Morgan fingerprint density at radius 2 is 2.19 bits per heavy atom. The first-order valence-corrected chi connectivity index (χ1v) is 8.12. The van der Waals surface area contributed by atoms with Crippen molar-refractivity contribution in [3.8, 4) is 0 Å². The van der Waals surface area contributed by atoms with Crippen LogP contribution in [0.4, 0.5) is 0 Å². The van der Waals surface area contributed by atoms with Gasteiger partial charge in [-0.15, -0.1) is 11.6 Å². The molecule has 0 aromatic carbocycles. The normalized spacial score (nSPS) is 34.4. The summed E-state index contributed by atoms with van der Waals surface area (Å²) < 4.78 is -0.0348. The average molecular weight is 372 g/mol. The fraction of sp³-hybridized carbons (Fsp3) is 0.727. The molecule has 0 radical (unpaired) electrons. The number of thioether (sulfide) groups is 1. The van der Waals surface area contributed by atoms with Crippen LogP contribution in [0.25, 0.3) is 0 Å². The molecule has 1 heterocycles. The molecular weight excluding hydrogens is 357 g/mol. The molecule has 0 spiro atoms. The van der Waals surface area contributed by atoms with Gasteiger partial charge >= 0.3 is 0 Å². The van der Waals surface area contributed by atoms with Gasteiger partial charge in [0, 0.05) is 24.6 Å². The van der Waals surface area contributed by atoms with Gasteiger partial charge in [0.15, 0.2) is 0 Å². The van der Waals surface area contributed by atoms with Gasteiger partial charge in [0.2, 0.25) is 5.91 Å². The van der Waals surface area contributed by atoms with E-state index in [4.69, 9.17) is 11.6 Å². The van der Waals surface area contributed by atoms with E-state index in [1.54, 1.807) is 6.08 Å². The highest BCUT2D eigenvalue weighted by Gasteiger charge is 2.49. The van der Waals surface area contributed by atoms with Crippen LogP contribution in [-0.4, -0.2) is 38.3 Å². The summed E-state index contributed by atoms with van der Waals surface area (Å²) in [6, 6.07) is 0. The largest absolute Gasteiger partial charge is 0.338 e. The van der Waals surface area contributed by atoms with Gasteiger partial charge in [-0.1, -0.05) is 28.7 Å². The lowest BCUT2D eigenvalue weighted by molar-refractivity contribution is -0.125. The Morgan fingerprint density at radius 3 is 2.75 bits per heavy atom. The van der Waals surface area contributed by atoms with Gasteiger partial charge in [-0.25, -0.2) is 0 Å². The number of hydrogen-bond donors (Lipinski definition) is 0. The minimum Gasteiger partial charge on any atom is -0.338 e. The van der Waals surface area contributed by atoms with Crippen molar-refractivity contribution in [3.05, 3.63) is 12.2 Å². The molecule has 0 bridgehead atoms. The third-order valence-corrected chi connectivity index (χ3v) is 5.69. The fourth-order valence-corrected chi connectivity index (χ4v) is 3.71. The Labute approximate surface area is 119 Å². The molecule has 2 unspecified atom stereocenters. The van der Waals surface area contributed by atoms with Crippen molar-refractivity contribution in [2.75, 3.05) is 24.6 Å². The summed E-state index contributed by atoms with van der Waals surface area (Å²) in [5.41, 5.74) is 0. The zero-order valence-electron chi connectivity index (χ0n) is 8.99. The van der Waals surface area contributed by atoms with Crippen LogP contribution >= 0.6 is 46.0 Å². The van der Waals surface area contributed by atoms with Crippen LogP contribution < -0.4 is 0 Å². The smallest absolute Gasteiger partial charge is 0.246 e. The standard InChI is InChI=1S/C11H15ClINOS/c12-11(13)8-9(11)2-1-3-10(15)14-4-6-16-7-5-14/h1,3,9H,2,4-8H2/b3-1+. The van der Waals surface area contributed by atoms with E-state index in [0.29, 0.717) is 5.92 Å². The van der Waals surface area contributed by atoms with Crippen LogP contribution in [0.15, 0.2) is 12.2 Å². The molecule has 2 aliphatic rings. The Morgan fingerprint density at radius 1 is 1.56 bits per heavy atom. The third kappa shape index (κ3) is 3.53. The van der Waals surface area contributed by atoms with Crippen molar-refractivity contribution >= 4 is 51.9 Å². The van der Waals surface area contributed by atoms with E-state index in [1.165, 1.54) is 0 Å². The summed E-state index contributed by atoms with van der Waals surface area (Å²) >= 11 is 10.3. The maximum Gasteiger partial charge on any atom is 0.246 e. The molecule has 1 aliphatic heterocycles. The molecule has 1 saturated heterocycles. The SMILES string of the molecule is O=C(/C=C/CC1CC1(Cl)I)N1CCSCC1. The highest BCUT2D eigenvalue weighted by molar-refractivity contribution is 14.1. The van der Waals surface area contributed by atoms with Crippen molar-refractivity contribution in [1.82, 2.24) is 4.90 Å². The second kappa shape index (κ2) is 5.48. The van der Waals surface area contributed by atoms with Gasteiger partial charge in [0.25, 0.3) is 0 Å². The van der Waals surface area contributed by atoms with Crippen molar-refractivity contribution in [3.63, 3.8) is 0 Å². The number of amides is 1. The zero-order valence-corrected chi connectivity index (χ0v) is 12.7. The number of carbonyl (C=O) groups excluding carboxylic acids is 1. The highest BCUT2D eigenvalue weighted by Crippen LogP contribution is 2.56. The quantitative estimate of drug-likeness (QED) is 0.432. The molecule has 0 N–H and O–H groups in total. The van der Waals surface area contributed by atoms with E-state index >= 15 is 0 Å². The number of nitrogens with zero attached hydrogens (tertiary/aromatic N) is 1. The topological polar surface area (TPSA) is 20.3 Å². The van der Waals surface area contributed by atoms with Crippen molar-refractivity contribution < 1.29 is 4.79 Å². The number of carbonyl (C=O) groups is 1. The van der Waals surface area contributed by atoms with Gasteiger partial charge in [-0.05, 0) is 24.8 Å². The summed E-state index contributed by atoms with van der Waals surface area (Å²) in [6.45, 7) is 1.78. The number of halogens is 2. The Kier molecular flexibility index (Phi) is 4.46. The van der Waals surface area contributed by atoms with Gasteiger partial charge < -0.3 is 4.90 Å². The molecule has 1 saturated carbocycles. The van der Waals surface area contributed by atoms with E-state index in [1.807, 2.05) is 22.7 Å². The molecule has 90 valence electrons. The van der Waals surface area contributed by atoms with E-state index in [2.05, 4.69) is 22.6 Å². The first-order chi connectivity index (χ1) is 7.59. The van der Waals surface area contributed by atoms with E-state index in [9.17, 15) is 4.79 Å². The molecule has 2 rings (SSSR count). The van der Waals surface area contributed by atoms with Crippen molar-refractivity contribution in [2.24, 2.45) is 5.92 Å². The Balaban J connectivity index is 1.72. The van der Waals surface area contributed by atoms with Crippen molar-refractivity contribution in [2.45, 2.75) is 15.7 Å².